The van der Waals surface area contributed by atoms with E-state index in [2.05, 4.69) is 5.32 Å². The molecule has 6 heteroatoms. The van der Waals surface area contributed by atoms with E-state index < -0.39 is 11.9 Å². The summed E-state index contributed by atoms with van der Waals surface area (Å²) in [5.41, 5.74) is 1.19. The topological polar surface area (TPSA) is 86.7 Å². The molecule has 2 amide bonds. The number of hydrogen-bond acceptors (Lipinski definition) is 3. The van der Waals surface area contributed by atoms with E-state index >= 15 is 0 Å². The lowest BCUT2D eigenvalue weighted by Crippen LogP contribution is -2.42. The minimum absolute atomic E-state index is 0.0949. The molecule has 0 radical (unpaired) electrons. The number of carbonyl (C=O) groups excluding carboxylic acids is 2. The lowest BCUT2D eigenvalue weighted by atomic mass is 9.97. The average Bonchev–Trinajstić information content (AvgIpc) is 2.38. The summed E-state index contributed by atoms with van der Waals surface area (Å²) in [4.78, 5) is 35.5. The van der Waals surface area contributed by atoms with Crippen LogP contribution in [0, 0.1) is 5.92 Å². The number of hydrogen-bond donors (Lipinski definition) is 2. The molecule has 1 fully saturated rings. The molecule has 1 heterocycles. The minimum atomic E-state index is -0.888. The van der Waals surface area contributed by atoms with Gasteiger partial charge >= 0.3 is 5.97 Å². The molecule has 0 bridgehead atoms. The van der Waals surface area contributed by atoms with E-state index in [1.165, 1.54) is 11.8 Å². The third kappa shape index (κ3) is 3.14. The van der Waals surface area contributed by atoms with Crippen molar-refractivity contribution in [3.05, 3.63) is 24.3 Å². The fourth-order valence-electron chi connectivity index (χ4n) is 2.25. The Morgan fingerprint density at radius 3 is 2.80 bits per heavy atom. The Bertz CT molecular complexity index is 556. The van der Waals surface area contributed by atoms with E-state index in [0.29, 0.717) is 17.8 Å². The molecule has 1 aliphatic rings. The highest BCUT2D eigenvalue weighted by Gasteiger charge is 2.30. The number of carboxylic acids is 1. The van der Waals surface area contributed by atoms with Gasteiger partial charge in [-0.25, -0.2) is 0 Å². The van der Waals surface area contributed by atoms with Crippen molar-refractivity contribution < 1.29 is 19.5 Å². The van der Waals surface area contributed by atoms with Crippen molar-refractivity contribution in [1.82, 2.24) is 0 Å². The van der Waals surface area contributed by atoms with Gasteiger partial charge in [0.15, 0.2) is 0 Å². The predicted molar refractivity (Wildman–Crippen MR) is 73.5 cm³/mol. The second-order valence-electron chi connectivity index (χ2n) is 4.81. The third-order valence-electron chi connectivity index (χ3n) is 3.24. The van der Waals surface area contributed by atoms with Crippen LogP contribution in [0.2, 0.25) is 0 Å². The zero-order valence-electron chi connectivity index (χ0n) is 11.1. The summed E-state index contributed by atoms with van der Waals surface area (Å²) in [6.45, 7) is 1.57. The second-order valence-corrected chi connectivity index (χ2v) is 4.81. The van der Waals surface area contributed by atoms with Gasteiger partial charge in [-0.3, -0.25) is 14.4 Å². The van der Waals surface area contributed by atoms with Crippen LogP contribution in [0.4, 0.5) is 11.4 Å². The van der Waals surface area contributed by atoms with E-state index in [-0.39, 0.29) is 24.8 Å². The van der Waals surface area contributed by atoms with Gasteiger partial charge in [0.1, 0.15) is 0 Å². The fraction of sp³-hybridized carbons (Fsp3) is 0.357. The zero-order valence-corrected chi connectivity index (χ0v) is 11.1. The number of nitrogens with zero attached hydrogens (tertiary/aromatic N) is 1. The predicted octanol–water partition coefficient (Wildman–Crippen LogP) is 1.47. The van der Waals surface area contributed by atoms with Crippen molar-refractivity contribution in [2.75, 3.05) is 16.8 Å². The Balaban J connectivity index is 2.22. The molecule has 1 aromatic rings. The lowest BCUT2D eigenvalue weighted by molar-refractivity contribution is -0.142. The summed E-state index contributed by atoms with van der Waals surface area (Å²) in [6, 6.07) is 6.84. The van der Waals surface area contributed by atoms with Crippen LogP contribution in [-0.4, -0.2) is 29.4 Å². The number of nitrogens with one attached hydrogen (secondary N) is 1. The first kappa shape index (κ1) is 14.0. The number of carboxylic acid groups (broad SMARTS) is 1. The number of carbonyl (C=O) groups is 3. The highest BCUT2D eigenvalue weighted by molar-refractivity contribution is 5.96. The summed E-state index contributed by atoms with van der Waals surface area (Å²) in [7, 11) is 0. The largest absolute Gasteiger partial charge is 0.481 e. The number of rotatable bonds is 3. The van der Waals surface area contributed by atoms with Crippen LogP contribution in [-0.2, 0) is 14.4 Å². The van der Waals surface area contributed by atoms with Crippen molar-refractivity contribution in [2.24, 2.45) is 5.92 Å². The highest BCUT2D eigenvalue weighted by atomic mass is 16.4. The fourth-order valence-corrected chi connectivity index (χ4v) is 2.25. The van der Waals surface area contributed by atoms with Crippen molar-refractivity contribution >= 4 is 29.2 Å². The van der Waals surface area contributed by atoms with E-state index in [1.54, 1.807) is 24.3 Å². The van der Waals surface area contributed by atoms with Gasteiger partial charge in [0.25, 0.3) is 0 Å². The van der Waals surface area contributed by atoms with Crippen LogP contribution >= 0.6 is 0 Å². The van der Waals surface area contributed by atoms with E-state index in [9.17, 15) is 14.4 Å². The molecule has 1 unspecified atom stereocenters. The summed E-state index contributed by atoms with van der Waals surface area (Å²) >= 11 is 0. The Kier molecular flexibility index (Phi) is 4.02. The minimum Gasteiger partial charge on any atom is -0.481 e. The molecule has 0 saturated carbocycles. The molecule has 1 atom stereocenters. The van der Waals surface area contributed by atoms with Gasteiger partial charge in [-0.2, -0.15) is 0 Å². The molecule has 1 aromatic carbocycles. The maximum absolute atomic E-state index is 11.9. The SMILES string of the molecule is CC(=O)Nc1cccc(N2CC(C(=O)O)CCC2=O)c1. The average molecular weight is 276 g/mol. The highest BCUT2D eigenvalue weighted by Crippen LogP contribution is 2.26. The van der Waals surface area contributed by atoms with Gasteiger partial charge in [-0.05, 0) is 24.6 Å². The van der Waals surface area contributed by atoms with Crippen molar-refractivity contribution in [1.29, 1.82) is 0 Å². The van der Waals surface area contributed by atoms with Crippen molar-refractivity contribution in [3.63, 3.8) is 0 Å². The van der Waals surface area contributed by atoms with Crippen molar-refractivity contribution in [2.45, 2.75) is 19.8 Å². The monoisotopic (exact) mass is 276 g/mol. The Morgan fingerprint density at radius 2 is 2.15 bits per heavy atom. The molecule has 106 valence electrons. The van der Waals surface area contributed by atoms with Crippen LogP contribution in [0.1, 0.15) is 19.8 Å². The molecule has 6 nitrogen and oxygen atoms in total. The molecular weight excluding hydrogens is 260 g/mol. The summed E-state index contributed by atoms with van der Waals surface area (Å²) in [5.74, 6) is -1.73. The maximum Gasteiger partial charge on any atom is 0.308 e. The molecule has 2 N–H and O–H groups in total. The normalized spacial score (nSPS) is 18.8. The van der Waals surface area contributed by atoms with Gasteiger partial charge < -0.3 is 15.3 Å². The zero-order chi connectivity index (χ0) is 14.7. The number of aliphatic carboxylic acids is 1. The first-order valence-corrected chi connectivity index (χ1v) is 6.38. The number of benzene rings is 1. The second kappa shape index (κ2) is 5.73. The van der Waals surface area contributed by atoms with Crippen LogP contribution in [0.3, 0.4) is 0 Å². The summed E-state index contributed by atoms with van der Waals surface area (Å²) in [6.07, 6.45) is 0.595. The smallest absolute Gasteiger partial charge is 0.308 e. The number of amides is 2. The summed E-state index contributed by atoms with van der Waals surface area (Å²) < 4.78 is 0. The molecular formula is C14H16N2O4. The molecule has 0 aliphatic carbocycles. The van der Waals surface area contributed by atoms with Gasteiger partial charge in [0, 0.05) is 31.3 Å². The molecule has 0 aromatic heterocycles. The van der Waals surface area contributed by atoms with Crippen LogP contribution in [0.5, 0.6) is 0 Å². The molecule has 2 rings (SSSR count). The van der Waals surface area contributed by atoms with E-state index in [4.69, 9.17) is 5.11 Å². The van der Waals surface area contributed by atoms with Crippen LogP contribution in [0.25, 0.3) is 0 Å². The third-order valence-corrected chi connectivity index (χ3v) is 3.24. The first-order chi connectivity index (χ1) is 9.47. The van der Waals surface area contributed by atoms with Crippen LogP contribution < -0.4 is 10.2 Å². The molecule has 1 saturated heterocycles. The first-order valence-electron chi connectivity index (χ1n) is 6.38. The Hall–Kier alpha value is -2.37. The van der Waals surface area contributed by atoms with Gasteiger partial charge in [-0.15, -0.1) is 0 Å². The molecule has 1 aliphatic heterocycles. The molecule has 0 spiro atoms. The van der Waals surface area contributed by atoms with E-state index in [1.807, 2.05) is 0 Å². The van der Waals surface area contributed by atoms with Crippen LogP contribution in [0.15, 0.2) is 24.3 Å². The van der Waals surface area contributed by atoms with Gasteiger partial charge in [0.2, 0.25) is 11.8 Å². The molecule has 20 heavy (non-hydrogen) atoms. The number of piperidine rings is 1. The Labute approximate surface area is 116 Å². The Morgan fingerprint density at radius 1 is 1.40 bits per heavy atom. The number of anilines is 2. The van der Waals surface area contributed by atoms with Gasteiger partial charge in [-0.1, -0.05) is 6.07 Å². The van der Waals surface area contributed by atoms with Gasteiger partial charge in [0.05, 0.1) is 5.92 Å². The van der Waals surface area contributed by atoms with Crippen molar-refractivity contribution in [3.8, 4) is 0 Å². The maximum atomic E-state index is 11.9. The van der Waals surface area contributed by atoms with E-state index in [0.717, 1.165) is 0 Å². The standard InChI is InChI=1S/C14H16N2O4/c1-9(17)15-11-3-2-4-12(7-11)16-8-10(14(19)20)5-6-13(16)18/h2-4,7,10H,5-6,8H2,1H3,(H,15,17)(H,19,20). The quantitative estimate of drug-likeness (QED) is 0.875. The summed E-state index contributed by atoms with van der Waals surface area (Å²) in [5, 5.41) is 11.7. The lowest BCUT2D eigenvalue weighted by Gasteiger charge is -2.30.